The van der Waals surface area contributed by atoms with Crippen LogP contribution in [0.1, 0.15) is 0 Å². The number of amides is 1. The number of ether oxygens (including phenoxy) is 1. The van der Waals surface area contributed by atoms with Crippen LogP contribution in [0.5, 0.6) is 0 Å². The molecule has 0 bridgehead atoms. The summed E-state index contributed by atoms with van der Waals surface area (Å²) in [6, 6.07) is 3.40. The minimum atomic E-state index is -4.17. The quantitative estimate of drug-likeness (QED) is 0.188. The SMILES string of the molecule is C=CCNC(=O)COC(=O)CNS(=O)(=O)c1ccc(SC)c([N+](=O)[O-])c1. The third-order valence-electron chi connectivity index (χ3n) is 2.87. The van der Waals surface area contributed by atoms with E-state index in [-0.39, 0.29) is 17.1 Å². The van der Waals surface area contributed by atoms with Gasteiger partial charge in [0, 0.05) is 12.6 Å². The van der Waals surface area contributed by atoms with Gasteiger partial charge in [0.25, 0.3) is 11.6 Å². The van der Waals surface area contributed by atoms with E-state index in [1.54, 1.807) is 6.26 Å². The number of carbonyl (C=O) groups is 2. The first kappa shape index (κ1) is 21.6. The van der Waals surface area contributed by atoms with Gasteiger partial charge in [0.15, 0.2) is 6.61 Å². The van der Waals surface area contributed by atoms with Gasteiger partial charge in [0.05, 0.1) is 14.7 Å². The van der Waals surface area contributed by atoms with E-state index >= 15 is 0 Å². The van der Waals surface area contributed by atoms with Gasteiger partial charge < -0.3 is 10.1 Å². The second-order valence-corrected chi connectivity index (χ2v) is 7.28. The van der Waals surface area contributed by atoms with Crippen LogP contribution >= 0.6 is 11.8 Å². The first-order valence-electron chi connectivity index (χ1n) is 7.06. The molecule has 0 aliphatic rings. The molecule has 0 aliphatic heterocycles. The summed E-state index contributed by atoms with van der Waals surface area (Å²) in [4.78, 5) is 33.0. The molecule has 0 heterocycles. The lowest BCUT2D eigenvalue weighted by Crippen LogP contribution is -2.34. The monoisotopic (exact) mass is 403 g/mol. The molecule has 0 aromatic heterocycles. The number of sulfonamides is 1. The number of nitrogens with one attached hydrogen (secondary N) is 2. The smallest absolute Gasteiger partial charge is 0.321 e. The number of rotatable bonds is 10. The lowest BCUT2D eigenvalue weighted by atomic mass is 10.3. The second-order valence-electron chi connectivity index (χ2n) is 4.67. The molecule has 12 heteroatoms. The first-order chi connectivity index (χ1) is 12.2. The number of nitro groups is 1. The van der Waals surface area contributed by atoms with Gasteiger partial charge in [0.1, 0.15) is 6.54 Å². The molecular weight excluding hydrogens is 386 g/mol. The van der Waals surface area contributed by atoms with Crippen LogP contribution in [0.15, 0.2) is 40.6 Å². The van der Waals surface area contributed by atoms with Crippen molar-refractivity contribution in [3.63, 3.8) is 0 Å². The summed E-state index contributed by atoms with van der Waals surface area (Å²) in [7, 11) is -4.17. The van der Waals surface area contributed by atoms with Gasteiger partial charge in [-0.2, -0.15) is 4.72 Å². The van der Waals surface area contributed by atoms with E-state index in [0.717, 1.165) is 17.8 Å². The van der Waals surface area contributed by atoms with Crippen molar-refractivity contribution in [2.75, 3.05) is 26.0 Å². The number of carbonyl (C=O) groups excluding carboxylic acids is 2. The molecule has 0 spiro atoms. The number of hydrogen-bond acceptors (Lipinski definition) is 8. The number of esters is 1. The summed E-state index contributed by atoms with van der Waals surface area (Å²) in [5.74, 6) is -1.54. The summed E-state index contributed by atoms with van der Waals surface area (Å²) >= 11 is 1.10. The third kappa shape index (κ3) is 6.46. The van der Waals surface area contributed by atoms with Crippen molar-refractivity contribution in [3.8, 4) is 0 Å². The topological polar surface area (TPSA) is 145 Å². The van der Waals surface area contributed by atoms with Gasteiger partial charge in [-0.05, 0) is 18.4 Å². The molecule has 1 rings (SSSR count). The van der Waals surface area contributed by atoms with Crippen LogP contribution in [0.3, 0.4) is 0 Å². The van der Waals surface area contributed by atoms with Crippen LogP contribution in [0.25, 0.3) is 0 Å². The lowest BCUT2D eigenvalue weighted by molar-refractivity contribution is -0.387. The highest BCUT2D eigenvalue weighted by Crippen LogP contribution is 2.29. The highest BCUT2D eigenvalue weighted by molar-refractivity contribution is 7.98. The van der Waals surface area contributed by atoms with E-state index in [0.29, 0.717) is 4.90 Å². The maximum absolute atomic E-state index is 12.2. The molecule has 0 fully saturated rings. The maximum Gasteiger partial charge on any atom is 0.321 e. The largest absolute Gasteiger partial charge is 0.455 e. The molecule has 1 aromatic carbocycles. The Kier molecular flexibility index (Phi) is 8.22. The Morgan fingerprint density at radius 3 is 2.69 bits per heavy atom. The summed E-state index contributed by atoms with van der Waals surface area (Å²) < 4.78 is 30.9. The first-order valence-corrected chi connectivity index (χ1v) is 9.77. The zero-order chi connectivity index (χ0) is 19.7. The summed E-state index contributed by atoms with van der Waals surface area (Å²) in [6.07, 6.45) is 3.06. The Morgan fingerprint density at radius 2 is 2.12 bits per heavy atom. The maximum atomic E-state index is 12.2. The van der Waals surface area contributed by atoms with Crippen LogP contribution < -0.4 is 10.0 Å². The third-order valence-corrected chi connectivity index (χ3v) is 5.06. The van der Waals surface area contributed by atoms with Crippen LogP contribution in [0.4, 0.5) is 5.69 Å². The Balaban J connectivity index is 2.70. The van der Waals surface area contributed by atoms with Gasteiger partial charge in [-0.1, -0.05) is 6.08 Å². The minimum Gasteiger partial charge on any atom is -0.455 e. The van der Waals surface area contributed by atoms with Crippen molar-refractivity contribution in [2.45, 2.75) is 9.79 Å². The number of benzene rings is 1. The molecule has 142 valence electrons. The molecule has 0 unspecified atom stereocenters. The number of nitrogens with zero attached hydrogens (tertiary/aromatic N) is 1. The van der Waals surface area contributed by atoms with Gasteiger partial charge >= 0.3 is 5.97 Å². The molecule has 0 aliphatic carbocycles. The van der Waals surface area contributed by atoms with Crippen LogP contribution in [0, 0.1) is 10.1 Å². The fraction of sp³-hybridized carbons (Fsp3) is 0.286. The van der Waals surface area contributed by atoms with Crippen LogP contribution in [0.2, 0.25) is 0 Å². The second kappa shape index (κ2) is 9.89. The number of thioether (sulfide) groups is 1. The van der Waals surface area contributed by atoms with Gasteiger partial charge in [-0.3, -0.25) is 19.7 Å². The molecule has 1 amide bonds. The molecule has 0 saturated heterocycles. The van der Waals surface area contributed by atoms with Crippen LogP contribution in [-0.4, -0.2) is 51.2 Å². The standard InChI is InChI=1S/C14H17N3O7S2/c1-3-6-15-13(18)9-24-14(19)8-16-26(22,23)10-4-5-12(25-2)11(7-10)17(20)21/h3-5,7,16H,1,6,8-9H2,2H3,(H,15,18). The molecule has 2 N–H and O–H groups in total. The van der Waals surface area contributed by atoms with Crippen molar-refractivity contribution in [2.24, 2.45) is 0 Å². The lowest BCUT2D eigenvalue weighted by Gasteiger charge is -2.08. The van der Waals surface area contributed by atoms with Gasteiger partial charge in [-0.25, -0.2) is 8.42 Å². The van der Waals surface area contributed by atoms with Crippen LogP contribution in [-0.2, 0) is 24.3 Å². The van der Waals surface area contributed by atoms with Crippen molar-refractivity contribution < 1.29 is 27.7 Å². The average Bonchev–Trinajstić information content (AvgIpc) is 2.62. The highest BCUT2D eigenvalue weighted by Gasteiger charge is 2.22. The van der Waals surface area contributed by atoms with E-state index in [9.17, 15) is 28.1 Å². The Bertz CT molecular complexity index is 809. The highest BCUT2D eigenvalue weighted by atomic mass is 32.2. The fourth-order valence-corrected chi connectivity index (χ4v) is 3.19. The van der Waals surface area contributed by atoms with Crippen molar-refractivity contribution in [1.82, 2.24) is 10.0 Å². The average molecular weight is 403 g/mol. The number of hydrogen-bond donors (Lipinski definition) is 2. The van der Waals surface area contributed by atoms with Gasteiger partial charge in [-0.15, -0.1) is 18.3 Å². The van der Waals surface area contributed by atoms with E-state index < -0.39 is 40.0 Å². The minimum absolute atomic E-state index is 0.202. The molecule has 0 radical (unpaired) electrons. The Hall–Kier alpha value is -2.44. The Labute approximate surface area is 154 Å². The van der Waals surface area contributed by atoms with Gasteiger partial charge in [0.2, 0.25) is 10.0 Å². The predicted octanol–water partition coefficient (Wildman–Crippen LogP) is 0.440. The van der Waals surface area contributed by atoms with Crippen molar-refractivity contribution in [3.05, 3.63) is 41.0 Å². The molecular formula is C14H17N3O7S2. The summed E-state index contributed by atoms with van der Waals surface area (Å²) in [6.45, 7) is 2.31. The van der Waals surface area contributed by atoms with E-state index in [1.165, 1.54) is 18.2 Å². The number of nitro benzene ring substituents is 1. The summed E-state index contributed by atoms with van der Waals surface area (Å²) in [5.41, 5.74) is -0.359. The Morgan fingerprint density at radius 1 is 1.42 bits per heavy atom. The van der Waals surface area contributed by atoms with E-state index in [2.05, 4.69) is 16.6 Å². The molecule has 10 nitrogen and oxygen atoms in total. The van der Waals surface area contributed by atoms with Crippen molar-refractivity contribution >= 4 is 39.3 Å². The fourth-order valence-electron chi connectivity index (χ4n) is 1.65. The molecule has 1 aromatic rings. The molecule has 26 heavy (non-hydrogen) atoms. The summed E-state index contributed by atoms with van der Waals surface area (Å²) in [5, 5.41) is 13.4. The molecule has 0 saturated carbocycles. The van der Waals surface area contributed by atoms with E-state index in [4.69, 9.17) is 0 Å². The normalized spacial score (nSPS) is 10.8. The van der Waals surface area contributed by atoms with E-state index in [1.807, 2.05) is 4.72 Å². The predicted molar refractivity (Wildman–Crippen MR) is 94.2 cm³/mol. The zero-order valence-corrected chi connectivity index (χ0v) is 15.4. The zero-order valence-electron chi connectivity index (χ0n) is 13.8. The molecule has 0 atom stereocenters. The van der Waals surface area contributed by atoms with Crippen molar-refractivity contribution in [1.29, 1.82) is 0 Å².